The molecule has 0 bridgehead atoms. The van der Waals surface area contributed by atoms with Crippen LogP contribution in [0, 0.1) is 0 Å². The quantitative estimate of drug-likeness (QED) is 0.576. The third kappa shape index (κ3) is 5.33. The number of amides is 1. The molecule has 1 aliphatic carbocycles. The summed E-state index contributed by atoms with van der Waals surface area (Å²) in [6, 6.07) is 13.1. The molecule has 2 heterocycles. The van der Waals surface area contributed by atoms with Crippen LogP contribution in [-0.2, 0) is 19.6 Å². The molecule has 6 nitrogen and oxygen atoms in total. The first-order valence-electron chi connectivity index (χ1n) is 10.5. The van der Waals surface area contributed by atoms with Crippen LogP contribution < -0.4 is 5.32 Å². The van der Waals surface area contributed by atoms with Gasteiger partial charge in [-0.1, -0.05) is 38.1 Å². The van der Waals surface area contributed by atoms with E-state index in [4.69, 9.17) is 4.42 Å². The van der Waals surface area contributed by atoms with Crippen LogP contribution in [0.15, 0.2) is 59.5 Å². The number of nitrogens with zero attached hydrogens (tertiary/aromatic N) is 3. The Morgan fingerprint density at radius 1 is 1.10 bits per heavy atom. The fourth-order valence-electron chi connectivity index (χ4n) is 3.43. The number of carbonyl (C=O) groups excluding carboxylic acids is 1. The second-order valence-corrected chi connectivity index (χ2v) is 8.20. The van der Waals surface area contributed by atoms with E-state index in [0.29, 0.717) is 36.6 Å². The molecule has 4 rings (SSSR count). The lowest BCUT2D eigenvalue weighted by Gasteiger charge is -2.20. The van der Waals surface area contributed by atoms with Crippen LogP contribution in [0.5, 0.6) is 0 Å². The Hall–Kier alpha value is -2.99. The predicted molar refractivity (Wildman–Crippen MR) is 115 cm³/mol. The average molecular weight is 405 g/mol. The van der Waals surface area contributed by atoms with Gasteiger partial charge in [-0.2, -0.15) is 0 Å². The molecule has 1 aromatic carbocycles. The summed E-state index contributed by atoms with van der Waals surface area (Å²) in [7, 11) is 0. The van der Waals surface area contributed by atoms with Gasteiger partial charge in [-0.3, -0.25) is 14.7 Å². The summed E-state index contributed by atoms with van der Waals surface area (Å²) in [6.45, 7) is 6.31. The zero-order valence-corrected chi connectivity index (χ0v) is 17.5. The number of aromatic nitrogens is 2. The number of pyridine rings is 1. The van der Waals surface area contributed by atoms with Crippen molar-refractivity contribution < 1.29 is 9.21 Å². The Morgan fingerprint density at radius 3 is 2.50 bits per heavy atom. The first kappa shape index (κ1) is 20.3. The van der Waals surface area contributed by atoms with Crippen molar-refractivity contribution in [3.8, 4) is 0 Å². The highest BCUT2D eigenvalue weighted by molar-refractivity contribution is 5.91. The van der Waals surface area contributed by atoms with Crippen LogP contribution in [0.3, 0.4) is 0 Å². The number of hydrogen-bond donors (Lipinski definition) is 1. The highest BCUT2D eigenvalue weighted by Crippen LogP contribution is 2.30. The van der Waals surface area contributed by atoms with Gasteiger partial charge in [0, 0.05) is 31.5 Å². The first-order chi connectivity index (χ1) is 14.6. The van der Waals surface area contributed by atoms with Crippen molar-refractivity contribution in [2.24, 2.45) is 0 Å². The van der Waals surface area contributed by atoms with E-state index in [2.05, 4.69) is 58.3 Å². The molecule has 1 fully saturated rings. The average Bonchev–Trinajstić information content (AvgIpc) is 3.51. The zero-order valence-electron chi connectivity index (χ0n) is 17.5. The zero-order chi connectivity index (χ0) is 20.9. The summed E-state index contributed by atoms with van der Waals surface area (Å²) >= 11 is 0. The van der Waals surface area contributed by atoms with Crippen LogP contribution in [0.1, 0.15) is 65.7 Å². The van der Waals surface area contributed by atoms with Crippen molar-refractivity contribution in [3.63, 3.8) is 0 Å². The van der Waals surface area contributed by atoms with Crippen LogP contribution in [-0.4, -0.2) is 26.8 Å². The molecule has 0 aliphatic heterocycles. The Balaban J connectivity index is 1.35. The number of benzene rings is 1. The third-order valence-corrected chi connectivity index (χ3v) is 5.42. The minimum absolute atomic E-state index is 0.232. The van der Waals surface area contributed by atoms with Gasteiger partial charge in [-0.25, -0.2) is 4.98 Å². The van der Waals surface area contributed by atoms with Crippen molar-refractivity contribution in [1.82, 2.24) is 20.2 Å². The van der Waals surface area contributed by atoms with Crippen LogP contribution in [0.4, 0.5) is 0 Å². The summed E-state index contributed by atoms with van der Waals surface area (Å²) in [4.78, 5) is 23.2. The number of hydrogen-bond acceptors (Lipinski definition) is 5. The Labute approximate surface area is 177 Å². The van der Waals surface area contributed by atoms with E-state index in [0.717, 1.165) is 12.1 Å². The topological polar surface area (TPSA) is 71.3 Å². The number of rotatable bonds is 9. The van der Waals surface area contributed by atoms with Gasteiger partial charge >= 0.3 is 0 Å². The summed E-state index contributed by atoms with van der Waals surface area (Å²) in [5.74, 6) is 0.882. The van der Waals surface area contributed by atoms with Gasteiger partial charge in [0.1, 0.15) is 6.26 Å². The van der Waals surface area contributed by atoms with E-state index in [1.54, 1.807) is 12.4 Å². The molecule has 1 saturated carbocycles. The summed E-state index contributed by atoms with van der Waals surface area (Å²) < 4.78 is 5.61. The molecule has 0 saturated heterocycles. The number of carbonyl (C=O) groups is 1. The van der Waals surface area contributed by atoms with E-state index in [1.807, 2.05) is 12.1 Å². The van der Waals surface area contributed by atoms with Gasteiger partial charge in [-0.15, -0.1) is 0 Å². The van der Waals surface area contributed by atoms with Gasteiger partial charge in [0.15, 0.2) is 5.69 Å². The number of oxazole rings is 1. The lowest BCUT2D eigenvalue weighted by Crippen LogP contribution is -2.26. The van der Waals surface area contributed by atoms with Crippen LogP contribution >= 0.6 is 0 Å². The molecule has 3 aromatic rings. The first-order valence-corrected chi connectivity index (χ1v) is 10.5. The fourth-order valence-corrected chi connectivity index (χ4v) is 3.43. The lowest BCUT2D eigenvalue weighted by molar-refractivity contribution is 0.0945. The van der Waals surface area contributed by atoms with Gasteiger partial charge in [0.25, 0.3) is 5.91 Å². The van der Waals surface area contributed by atoms with E-state index >= 15 is 0 Å². The molecule has 6 heteroatoms. The molecule has 0 unspecified atom stereocenters. The number of nitrogens with one attached hydrogen (secondary N) is 1. The molecule has 0 atom stereocenters. The van der Waals surface area contributed by atoms with E-state index in [-0.39, 0.29) is 5.91 Å². The largest absolute Gasteiger partial charge is 0.447 e. The maximum atomic E-state index is 12.4. The molecule has 0 radical (unpaired) electrons. The van der Waals surface area contributed by atoms with Gasteiger partial charge in [0.2, 0.25) is 5.89 Å². The molecule has 1 N–H and O–H groups in total. The van der Waals surface area contributed by atoms with Crippen molar-refractivity contribution in [3.05, 3.63) is 83.3 Å². The predicted octanol–water partition coefficient (Wildman–Crippen LogP) is 4.29. The molecule has 30 heavy (non-hydrogen) atoms. The van der Waals surface area contributed by atoms with Crippen LogP contribution in [0.25, 0.3) is 0 Å². The molecule has 1 aliphatic rings. The Morgan fingerprint density at radius 2 is 1.83 bits per heavy atom. The van der Waals surface area contributed by atoms with Gasteiger partial charge in [-0.05, 0) is 47.6 Å². The van der Waals surface area contributed by atoms with Crippen LogP contribution in [0.2, 0.25) is 0 Å². The molecule has 1 amide bonds. The van der Waals surface area contributed by atoms with E-state index < -0.39 is 0 Å². The second-order valence-electron chi connectivity index (χ2n) is 8.20. The maximum absolute atomic E-state index is 12.4. The standard InChI is InChI=1S/C24H28N4O2/c1-17(2)20-5-3-19(4-6-20)14-28(21-7-8-21)15-23-27-22(16-30-23)24(29)26-13-18-9-11-25-12-10-18/h3-6,9-12,16-17,21H,7-8,13-15H2,1-2H3,(H,26,29). The molecule has 156 valence electrons. The molecule has 2 aromatic heterocycles. The molecule has 0 spiro atoms. The Bertz CT molecular complexity index is 962. The van der Waals surface area contributed by atoms with Gasteiger partial charge < -0.3 is 9.73 Å². The minimum Gasteiger partial charge on any atom is -0.447 e. The van der Waals surface area contributed by atoms with Crippen molar-refractivity contribution in [2.75, 3.05) is 0 Å². The smallest absolute Gasteiger partial charge is 0.273 e. The summed E-state index contributed by atoms with van der Waals surface area (Å²) in [5, 5.41) is 2.87. The third-order valence-electron chi connectivity index (χ3n) is 5.42. The minimum atomic E-state index is -0.232. The van der Waals surface area contributed by atoms with Gasteiger partial charge in [0.05, 0.1) is 6.54 Å². The normalized spacial score (nSPS) is 13.7. The van der Waals surface area contributed by atoms with Crippen molar-refractivity contribution >= 4 is 5.91 Å². The molecular weight excluding hydrogens is 376 g/mol. The fraction of sp³-hybridized carbons (Fsp3) is 0.375. The van der Waals surface area contributed by atoms with Crippen molar-refractivity contribution in [1.29, 1.82) is 0 Å². The maximum Gasteiger partial charge on any atom is 0.273 e. The second kappa shape index (κ2) is 9.22. The highest BCUT2D eigenvalue weighted by atomic mass is 16.3. The van der Waals surface area contributed by atoms with E-state index in [1.165, 1.54) is 30.2 Å². The Kier molecular flexibility index (Phi) is 6.23. The SMILES string of the molecule is CC(C)c1ccc(CN(Cc2nc(C(=O)NCc3ccncc3)co2)C2CC2)cc1. The highest BCUT2D eigenvalue weighted by Gasteiger charge is 2.30. The lowest BCUT2D eigenvalue weighted by atomic mass is 10.0. The monoisotopic (exact) mass is 404 g/mol. The summed E-state index contributed by atoms with van der Waals surface area (Å²) in [5.41, 5.74) is 3.95. The molecular formula is C24H28N4O2. The van der Waals surface area contributed by atoms with E-state index in [9.17, 15) is 4.79 Å². The van der Waals surface area contributed by atoms with Crippen molar-refractivity contribution in [2.45, 2.75) is 58.3 Å². The summed E-state index contributed by atoms with van der Waals surface area (Å²) in [6.07, 6.45) is 7.25.